The minimum absolute atomic E-state index is 0.0447. The number of amides is 1. The zero-order valence-electron chi connectivity index (χ0n) is 23.9. The predicted molar refractivity (Wildman–Crippen MR) is 147 cm³/mol. The van der Waals surface area contributed by atoms with Gasteiger partial charge in [0.15, 0.2) is 23.0 Å². The van der Waals surface area contributed by atoms with Crippen LogP contribution >= 0.6 is 0 Å². The lowest BCUT2D eigenvalue weighted by Crippen LogP contribution is -2.31. The van der Waals surface area contributed by atoms with Crippen LogP contribution < -0.4 is 10.1 Å². The van der Waals surface area contributed by atoms with Crippen LogP contribution in [0.4, 0.5) is 17.6 Å². The summed E-state index contributed by atoms with van der Waals surface area (Å²) in [6.45, 7) is 8.11. The van der Waals surface area contributed by atoms with Gasteiger partial charge < -0.3 is 14.8 Å². The Kier molecular flexibility index (Phi) is 8.89. The van der Waals surface area contributed by atoms with Gasteiger partial charge in [-0.3, -0.25) is 14.0 Å². The number of esters is 1. The largest absolute Gasteiger partial charge is 0.485 e. The van der Waals surface area contributed by atoms with E-state index >= 15 is 0 Å². The van der Waals surface area contributed by atoms with Gasteiger partial charge in [-0.05, 0) is 82.5 Å². The normalized spacial score (nSPS) is 12.3. The SMILES string of the molecule is Cc1cc(OCc2c(F)cccc2F)c2nc(C)c(C(=O)NC(CCC(=O)OC(C)(C)C)c3ccc(F)c(F)c3)n2c1. The molecule has 0 bridgehead atoms. The first kappa shape index (κ1) is 30.5. The number of fused-ring (bicyclic) bond motifs is 1. The molecule has 0 spiro atoms. The van der Waals surface area contributed by atoms with Crippen molar-refractivity contribution in [2.75, 3.05) is 0 Å². The van der Waals surface area contributed by atoms with Gasteiger partial charge >= 0.3 is 5.97 Å². The first-order valence-electron chi connectivity index (χ1n) is 13.3. The third kappa shape index (κ3) is 7.07. The molecule has 42 heavy (non-hydrogen) atoms. The molecule has 1 amide bonds. The van der Waals surface area contributed by atoms with Crippen LogP contribution in [0.5, 0.6) is 5.75 Å². The number of imidazole rings is 1. The molecule has 2 aromatic heterocycles. The van der Waals surface area contributed by atoms with Gasteiger partial charge in [-0.15, -0.1) is 0 Å². The van der Waals surface area contributed by atoms with Crippen LogP contribution in [0.15, 0.2) is 48.7 Å². The van der Waals surface area contributed by atoms with Crippen molar-refractivity contribution in [3.63, 3.8) is 0 Å². The van der Waals surface area contributed by atoms with Crippen molar-refractivity contribution in [2.24, 2.45) is 0 Å². The minimum atomic E-state index is -1.10. The molecule has 2 aromatic carbocycles. The van der Waals surface area contributed by atoms with Gasteiger partial charge in [0.05, 0.1) is 17.3 Å². The average molecular weight is 586 g/mol. The topological polar surface area (TPSA) is 81.9 Å². The Morgan fingerprint density at radius 3 is 2.31 bits per heavy atom. The highest BCUT2D eigenvalue weighted by molar-refractivity contribution is 5.95. The van der Waals surface area contributed by atoms with Crippen molar-refractivity contribution in [2.45, 2.75) is 65.7 Å². The molecule has 0 fully saturated rings. The lowest BCUT2D eigenvalue weighted by atomic mass is 10.0. The highest BCUT2D eigenvalue weighted by atomic mass is 19.2. The molecule has 222 valence electrons. The molecule has 0 saturated heterocycles. The lowest BCUT2D eigenvalue weighted by molar-refractivity contribution is -0.155. The van der Waals surface area contributed by atoms with E-state index in [1.807, 2.05) is 0 Å². The maximum absolute atomic E-state index is 14.2. The van der Waals surface area contributed by atoms with E-state index in [9.17, 15) is 27.2 Å². The number of nitrogens with one attached hydrogen (secondary N) is 1. The molecule has 7 nitrogen and oxygen atoms in total. The number of ether oxygens (including phenoxy) is 2. The molecule has 4 rings (SSSR count). The van der Waals surface area contributed by atoms with Crippen LogP contribution in [-0.4, -0.2) is 26.9 Å². The highest BCUT2D eigenvalue weighted by Crippen LogP contribution is 2.28. The van der Waals surface area contributed by atoms with Crippen LogP contribution in [0.25, 0.3) is 5.65 Å². The lowest BCUT2D eigenvalue weighted by Gasteiger charge is -2.22. The maximum Gasteiger partial charge on any atom is 0.306 e. The number of rotatable bonds is 9. The number of pyridine rings is 1. The van der Waals surface area contributed by atoms with E-state index in [0.29, 0.717) is 11.3 Å². The molecule has 0 aliphatic carbocycles. The van der Waals surface area contributed by atoms with Crippen LogP contribution in [0, 0.1) is 37.1 Å². The summed E-state index contributed by atoms with van der Waals surface area (Å²) in [5, 5.41) is 2.81. The zero-order valence-corrected chi connectivity index (χ0v) is 23.9. The molecular formula is C31H31F4N3O4. The van der Waals surface area contributed by atoms with Crippen molar-refractivity contribution >= 4 is 17.5 Å². The first-order valence-corrected chi connectivity index (χ1v) is 13.3. The van der Waals surface area contributed by atoms with E-state index in [-0.39, 0.29) is 41.1 Å². The fourth-order valence-corrected chi connectivity index (χ4v) is 4.49. The molecule has 0 radical (unpaired) electrons. The van der Waals surface area contributed by atoms with Crippen molar-refractivity contribution < 1.29 is 36.6 Å². The van der Waals surface area contributed by atoms with Crippen LogP contribution in [-0.2, 0) is 16.1 Å². The summed E-state index contributed by atoms with van der Waals surface area (Å²) in [5.41, 5.74) is 0.623. The summed E-state index contributed by atoms with van der Waals surface area (Å²) >= 11 is 0. The van der Waals surface area contributed by atoms with Crippen molar-refractivity contribution in [1.82, 2.24) is 14.7 Å². The number of hydrogen-bond donors (Lipinski definition) is 1. The monoisotopic (exact) mass is 585 g/mol. The van der Waals surface area contributed by atoms with E-state index < -0.39 is 53.4 Å². The molecule has 1 atom stereocenters. The third-order valence-electron chi connectivity index (χ3n) is 6.35. The van der Waals surface area contributed by atoms with Crippen LogP contribution in [0.2, 0.25) is 0 Å². The summed E-state index contributed by atoms with van der Waals surface area (Å²) in [7, 11) is 0. The van der Waals surface area contributed by atoms with E-state index in [2.05, 4.69) is 10.3 Å². The Morgan fingerprint density at radius 2 is 1.67 bits per heavy atom. The van der Waals surface area contributed by atoms with E-state index in [4.69, 9.17) is 9.47 Å². The molecular weight excluding hydrogens is 554 g/mol. The summed E-state index contributed by atoms with van der Waals surface area (Å²) < 4.78 is 68.7. The maximum atomic E-state index is 14.2. The van der Waals surface area contributed by atoms with Gasteiger partial charge in [-0.1, -0.05) is 12.1 Å². The molecule has 0 aliphatic rings. The second-order valence-corrected chi connectivity index (χ2v) is 10.9. The number of benzene rings is 2. The Hall–Kier alpha value is -4.41. The molecule has 1 unspecified atom stereocenters. The molecule has 11 heteroatoms. The second-order valence-electron chi connectivity index (χ2n) is 10.9. The Balaban J connectivity index is 1.64. The molecule has 2 heterocycles. The summed E-state index contributed by atoms with van der Waals surface area (Å²) in [6, 6.07) is 7.50. The van der Waals surface area contributed by atoms with E-state index in [1.165, 1.54) is 16.5 Å². The van der Waals surface area contributed by atoms with E-state index in [1.54, 1.807) is 46.9 Å². The van der Waals surface area contributed by atoms with Gasteiger partial charge in [0.1, 0.15) is 29.5 Å². The summed E-state index contributed by atoms with van der Waals surface area (Å²) in [6.07, 6.45) is 1.59. The summed E-state index contributed by atoms with van der Waals surface area (Å²) in [5.74, 6) is -4.58. The first-order chi connectivity index (χ1) is 19.7. The number of halogens is 4. The predicted octanol–water partition coefficient (Wildman–Crippen LogP) is 6.68. The number of aromatic nitrogens is 2. The van der Waals surface area contributed by atoms with Crippen LogP contribution in [0.1, 0.15) is 72.5 Å². The molecule has 1 N–H and O–H groups in total. The number of carbonyl (C=O) groups excluding carboxylic acids is 2. The fourth-order valence-electron chi connectivity index (χ4n) is 4.49. The average Bonchev–Trinajstić information content (AvgIpc) is 3.22. The van der Waals surface area contributed by atoms with Gasteiger partial charge in [0, 0.05) is 12.6 Å². The quantitative estimate of drug-likeness (QED) is 0.175. The molecule has 0 aliphatic heterocycles. The Bertz CT molecular complexity index is 1630. The Labute approximate surface area is 240 Å². The van der Waals surface area contributed by atoms with Gasteiger partial charge in [-0.25, -0.2) is 22.5 Å². The summed E-state index contributed by atoms with van der Waals surface area (Å²) in [4.78, 5) is 30.5. The second kappa shape index (κ2) is 12.2. The standard InChI is InChI=1S/C31H31F4N3O4/c1-17-13-26(41-16-20-21(32)7-6-8-22(20)33)29-36-18(2)28(38(29)15-17)30(40)37-25(11-12-27(39)42-31(3,4)5)19-9-10-23(34)24(35)14-19/h6-10,13-15,25H,11-12,16H2,1-5H3,(H,37,40). The number of hydrogen-bond acceptors (Lipinski definition) is 5. The minimum Gasteiger partial charge on any atom is -0.485 e. The molecule has 4 aromatic rings. The van der Waals surface area contributed by atoms with Gasteiger partial charge in [0.25, 0.3) is 5.91 Å². The fraction of sp³-hybridized carbons (Fsp3) is 0.323. The number of aryl methyl sites for hydroxylation is 2. The van der Waals surface area contributed by atoms with Gasteiger partial charge in [-0.2, -0.15) is 0 Å². The number of carbonyl (C=O) groups is 2. The van der Waals surface area contributed by atoms with Crippen molar-refractivity contribution in [3.8, 4) is 5.75 Å². The zero-order chi connectivity index (χ0) is 30.8. The third-order valence-corrected chi connectivity index (χ3v) is 6.35. The number of nitrogens with zero attached hydrogens (tertiary/aromatic N) is 2. The molecule has 0 saturated carbocycles. The van der Waals surface area contributed by atoms with E-state index in [0.717, 1.165) is 24.3 Å². The Morgan fingerprint density at radius 1 is 0.976 bits per heavy atom. The highest BCUT2D eigenvalue weighted by Gasteiger charge is 2.25. The van der Waals surface area contributed by atoms with Crippen molar-refractivity contribution in [3.05, 3.63) is 100 Å². The van der Waals surface area contributed by atoms with Crippen LogP contribution in [0.3, 0.4) is 0 Å². The smallest absolute Gasteiger partial charge is 0.306 e. The van der Waals surface area contributed by atoms with Gasteiger partial charge in [0.2, 0.25) is 0 Å². The van der Waals surface area contributed by atoms with Crippen molar-refractivity contribution in [1.29, 1.82) is 0 Å².